The summed E-state index contributed by atoms with van der Waals surface area (Å²) < 4.78 is 6.20. The highest BCUT2D eigenvalue weighted by molar-refractivity contribution is 5.74. The van der Waals surface area contributed by atoms with Gasteiger partial charge in [-0.15, -0.1) is 0 Å². The van der Waals surface area contributed by atoms with Crippen molar-refractivity contribution in [2.24, 2.45) is 17.6 Å². The number of ether oxygens (including phenoxy) is 1. The molecule has 0 aromatic rings. The molecule has 2 atom stereocenters. The zero-order valence-corrected chi connectivity index (χ0v) is 15.8. The van der Waals surface area contributed by atoms with Crippen molar-refractivity contribution < 1.29 is 9.53 Å². The van der Waals surface area contributed by atoms with Crippen molar-refractivity contribution in [3.8, 4) is 0 Å². The van der Waals surface area contributed by atoms with Crippen LogP contribution in [-0.2, 0) is 4.74 Å². The van der Waals surface area contributed by atoms with E-state index in [1.54, 1.807) is 0 Å². The Morgan fingerprint density at radius 1 is 1.25 bits per heavy atom. The normalized spacial score (nSPS) is 31.3. The van der Waals surface area contributed by atoms with Gasteiger partial charge in [0.15, 0.2) is 0 Å². The van der Waals surface area contributed by atoms with Crippen molar-refractivity contribution in [1.29, 1.82) is 0 Å². The summed E-state index contributed by atoms with van der Waals surface area (Å²) in [6, 6.07) is 0.0562. The van der Waals surface area contributed by atoms with Crippen molar-refractivity contribution in [3.05, 3.63) is 0 Å². The molecule has 0 aromatic heterocycles. The van der Waals surface area contributed by atoms with Crippen LogP contribution >= 0.6 is 0 Å². The van der Waals surface area contributed by atoms with Gasteiger partial charge in [-0.05, 0) is 56.8 Å². The van der Waals surface area contributed by atoms with Gasteiger partial charge in [-0.2, -0.15) is 0 Å². The number of rotatable bonds is 6. The molecule has 5 heteroatoms. The van der Waals surface area contributed by atoms with E-state index in [0.717, 1.165) is 57.0 Å². The summed E-state index contributed by atoms with van der Waals surface area (Å²) in [6.07, 6.45) is 8.07. The molecule has 1 saturated heterocycles. The molecule has 1 aliphatic carbocycles. The average Bonchev–Trinajstić information content (AvgIpc) is 2.58. The third kappa shape index (κ3) is 5.35. The van der Waals surface area contributed by atoms with Crippen LogP contribution in [0.15, 0.2) is 0 Å². The standard InChI is InChI=1S/C19H37N3O2/c1-4-11-21-19(23)22-12-5-6-17(20)18(22)13-24-16-9-7-15(8-10-16)14(2)3/h14-18H,4-13,20H2,1-3H3,(H,21,23)/t15-,16+,17-,18-/m0/s1. The number of nitrogens with zero attached hydrogens (tertiary/aromatic N) is 1. The molecule has 24 heavy (non-hydrogen) atoms. The van der Waals surface area contributed by atoms with Gasteiger partial charge in [-0.1, -0.05) is 20.8 Å². The summed E-state index contributed by atoms with van der Waals surface area (Å²) in [4.78, 5) is 14.3. The molecule has 2 amide bonds. The zero-order chi connectivity index (χ0) is 17.5. The second-order valence-electron chi connectivity index (χ2n) is 7.91. The van der Waals surface area contributed by atoms with Crippen LogP contribution in [0.25, 0.3) is 0 Å². The van der Waals surface area contributed by atoms with E-state index >= 15 is 0 Å². The molecule has 0 bridgehead atoms. The van der Waals surface area contributed by atoms with Crippen LogP contribution in [0.1, 0.15) is 65.7 Å². The maximum atomic E-state index is 12.4. The summed E-state index contributed by atoms with van der Waals surface area (Å²) in [7, 11) is 0. The molecule has 2 fully saturated rings. The molecule has 0 aromatic carbocycles. The Morgan fingerprint density at radius 2 is 1.96 bits per heavy atom. The second kappa shape index (κ2) is 9.62. The Balaban J connectivity index is 1.82. The molecular weight excluding hydrogens is 302 g/mol. The fourth-order valence-corrected chi connectivity index (χ4v) is 4.04. The summed E-state index contributed by atoms with van der Waals surface area (Å²) in [5, 5.41) is 2.98. The van der Waals surface area contributed by atoms with Gasteiger partial charge in [0.05, 0.1) is 18.8 Å². The number of piperidine rings is 1. The monoisotopic (exact) mass is 339 g/mol. The van der Waals surface area contributed by atoms with Crippen LogP contribution in [0.4, 0.5) is 4.79 Å². The fourth-order valence-electron chi connectivity index (χ4n) is 4.04. The van der Waals surface area contributed by atoms with E-state index in [4.69, 9.17) is 10.5 Å². The van der Waals surface area contributed by atoms with Crippen LogP contribution < -0.4 is 11.1 Å². The first-order valence-electron chi connectivity index (χ1n) is 9.94. The van der Waals surface area contributed by atoms with Crippen molar-refractivity contribution >= 4 is 6.03 Å². The Kier molecular flexibility index (Phi) is 7.82. The van der Waals surface area contributed by atoms with Gasteiger partial charge in [-0.25, -0.2) is 4.79 Å². The first-order chi connectivity index (χ1) is 11.5. The fraction of sp³-hybridized carbons (Fsp3) is 0.947. The Morgan fingerprint density at radius 3 is 2.58 bits per heavy atom. The lowest BCUT2D eigenvalue weighted by atomic mass is 9.80. The highest BCUT2D eigenvalue weighted by Crippen LogP contribution is 2.31. The van der Waals surface area contributed by atoms with Crippen molar-refractivity contribution in [3.63, 3.8) is 0 Å². The van der Waals surface area contributed by atoms with E-state index in [2.05, 4.69) is 26.1 Å². The van der Waals surface area contributed by atoms with E-state index in [-0.39, 0.29) is 18.1 Å². The largest absolute Gasteiger partial charge is 0.376 e. The average molecular weight is 340 g/mol. The molecule has 5 nitrogen and oxygen atoms in total. The summed E-state index contributed by atoms with van der Waals surface area (Å²) in [6.45, 7) is 8.79. The minimum absolute atomic E-state index is 0.0124. The first-order valence-corrected chi connectivity index (χ1v) is 9.94. The van der Waals surface area contributed by atoms with Crippen molar-refractivity contribution in [2.45, 2.75) is 83.9 Å². The summed E-state index contributed by atoms with van der Waals surface area (Å²) in [5.74, 6) is 1.62. The number of amides is 2. The van der Waals surface area contributed by atoms with Crippen LogP contribution in [0.2, 0.25) is 0 Å². The van der Waals surface area contributed by atoms with Gasteiger partial charge in [0.25, 0.3) is 0 Å². The maximum Gasteiger partial charge on any atom is 0.317 e. The van der Waals surface area contributed by atoms with Crippen LogP contribution in [0, 0.1) is 11.8 Å². The summed E-state index contributed by atoms with van der Waals surface area (Å²) >= 11 is 0. The molecule has 3 N–H and O–H groups in total. The molecule has 2 aliphatic rings. The lowest BCUT2D eigenvalue weighted by Gasteiger charge is -2.40. The molecule has 0 spiro atoms. The Labute approximate surface area is 147 Å². The van der Waals surface area contributed by atoms with Crippen LogP contribution in [-0.4, -0.2) is 48.8 Å². The topological polar surface area (TPSA) is 67.6 Å². The Hall–Kier alpha value is -0.810. The van der Waals surface area contributed by atoms with E-state index in [1.165, 1.54) is 12.8 Å². The first kappa shape index (κ1) is 19.5. The number of carbonyl (C=O) groups excluding carboxylic acids is 1. The maximum absolute atomic E-state index is 12.4. The quantitative estimate of drug-likeness (QED) is 0.781. The molecule has 0 unspecified atom stereocenters. The van der Waals surface area contributed by atoms with Crippen molar-refractivity contribution in [1.82, 2.24) is 10.2 Å². The van der Waals surface area contributed by atoms with Gasteiger partial charge in [0, 0.05) is 19.1 Å². The number of hydrogen-bond acceptors (Lipinski definition) is 3. The molecule has 2 rings (SSSR count). The zero-order valence-electron chi connectivity index (χ0n) is 15.8. The second-order valence-corrected chi connectivity index (χ2v) is 7.91. The molecule has 1 heterocycles. The van der Waals surface area contributed by atoms with Crippen molar-refractivity contribution in [2.75, 3.05) is 19.7 Å². The number of carbonyl (C=O) groups is 1. The van der Waals surface area contributed by atoms with Gasteiger partial charge in [0.1, 0.15) is 0 Å². The number of hydrogen-bond donors (Lipinski definition) is 2. The number of likely N-dealkylation sites (tertiary alicyclic amines) is 1. The number of urea groups is 1. The smallest absolute Gasteiger partial charge is 0.317 e. The summed E-state index contributed by atoms with van der Waals surface area (Å²) in [5.41, 5.74) is 6.31. The van der Waals surface area contributed by atoms with Gasteiger partial charge < -0.3 is 20.7 Å². The number of nitrogens with one attached hydrogen (secondary N) is 1. The van der Waals surface area contributed by atoms with E-state index in [9.17, 15) is 4.79 Å². The third-order valence-electron chi connectivity index (χ3n) is 5.78. The molecule has 1 saturated carbocycles. The SMILES string of the molecule is CCCNC(=O)N1CCC[C@H](N)[C@@H]1CO[C@H]1CC[C@@H](C(C)C)CC1. The minimum Gasteiger partial charge on any atom is -0.376 e. The van der Waals surface area contributed by atoms with Crippen LogP contribution in [0.3, 0.4) is 0 Å². The highest BCUT2D eigenvalue weighted by atomic mass is 16.5. The van der Waals surface area contributed by atoms with Gasteiger partial charge in [-0.3, -0.25) is 0 Å². The minimum atomic E-state index is 0.0124. The third-order valence-corrected chi connectivity index (χ3v) is 5.78. The van der Waals surface area contributed by atoms with E-state index < -0.39 is 0 Å². The molecular formula is C19H37N3O2. The lowest BCUT2D eigenvalue weighted by Crippen LogP contribution is -2.59. The molecule has 140 valence electrons. The lowest BCUT2D eigenvalue weighted by molar-refractivity contribution is -0.0227. The predicted octanol–water partition coefficient (Wildman–Crippen LogP) is 3.13. The molecule has 1 aliphatic heterocycles. The van der Waals surface area contributed by atoms with E-state index in [1.807, 2.05) is 4.90 Å². The number of nitrogens with two attached hydrogens (primary N) is 1. The van der Waals surface area contributed by atoms with E-state index in [0.29, 0.717) is 12.7 Å². The van der Waals surface area contributed by atoms with Crippen LogP contribution in [0.5, 0.6) is 0 Å². The van der Waals surface area contributed by atoms with Gasteiger partial charge >= 0.3 is 6.03 Å². The molecule has 0 radical (unpaired) electrons. The Bertz CT molecular complexity index is 381. The predicted molar refractivity (Wildman–Crippen MR) is 97.9 cm³/mol. The highest BCUT2D eigenvalue weighted by Gasteiger charge is 2.33. The van der Waals surface area contributed by atoms with Gasteiger partial charge in [0.2, 0.25) is 0 Å².